The quantitative estimate of drug-likeness (QED) is 0.798. The summed E-state index contributed by atoms with van der Waals surface area (Å²) < 4.78 is 11.5. The number of hydrogen-bond donors (Lipinski definition) is 2. The van der Waals surface area contributed by atoms with Gasteiger partial charge in [0.1, 0.15) is 0 Å². The summed E-state index contributed by atoms with van der Waals surface area (Å²) in [6.45, 7) is 12.7. The third-order valence-corrected chi connectivity index (χ3v) is 3.72. The van der Waals surface area contributed by atoms with Crippen LogP contribution in [0.3, 0.4) is 0 Å². The second-order valence-electron chi connectivity index (χ2n) is 6.90. The van der Waals surface area contributed by atoms with Gasteiger partial charge < -0.3 is 13.8 Å². The normalized spacial score (nSPS) is 11.2. The molecule has 0 fully saturated rings. The minimum atomic E-state index is -1.65. The first-order valence-corrected chi connectivity index (χ1v) is 14.3. The Balaban J connectivity index is 0.000000300. The molecule has 0 aromatic carbocycles. The molecule has 0 spiro atoms. The summed E-state index contributed by atoms with van der Waals surface area (Å²) in [4.78, 5) is 33.0. The van der Waals surface area contributed by atoms with E-state index >= 15 is 0 Å². The van der Waals surface area contributed by atoms with Crippen LogP contribution < -0.4 is 20.1 Å². The van der Waals surface area contributed by atoms with Crippen LogP contribution in [0.25, 0.3) is 0 Å². The Kier molecular flexibility index (Phi) is 6.66. The maximum atomic E-state index is 10.2. The van der Waals surface area contributed by atoms with Gasteiger partial charge >= 0.3 is 11.7 Å². The van der Waals surface area contributed by atoms with Gasteiger partial charge in [-0.25, -0.2) is 9.78 Å². The minimum Gasteiger partial charge on any atom is -0.531 e. The SMILES string of the molecule is C[Si](C)(C)Oc1ccnc(O[Si](C)(C)C)n1.O=c1cc[nH]c(=O)[nH]1. The Hall–Kier alpha value is -2.21. The summed E-state index contributed by atoms with van der Waals surface area (Å²) in [6.07, 6.45) is 2.97. The number of nitrogens with zero attached hydrogens (tertiary/aromatic N) is 2. The lowest BCUT2D eigenvalue weighted by atomic mass is 10.6. The van der Waals surface area contributed by atoms with E-state index in [-0.39, 0.29) is 5.56 Å². The fourth-order valence-corrected chi connectivity index (χ4v) is 2.79. The van der Waals surface area contributed by atoms with E-state index in [0.29, 0.717) is 11.9 Å². The number of rotatable bonds is 4. The molecule has 2 aromatic rings. The van der Waals surface area contributed by atoms with Crippen molar-refractivity contribution < 1.29 is 8.85 Å². The van der Waals surface area contributed by atoms with Gasteiger partial charge in [0, 0.05) is 24.5 Å². The van der Waals surface area contributed by atoms with Crippen LogP contribution in [0, 0.1) is 0 Å². The zero-order valence-corrected chi connectivity index (χ0v) is 16.8. The highest BCUT2D eigenvalue weighted by Gasteiger charge is 2.20. The van der Waals surface area contributed by atoms with Crippen molar-refractivity contribution in [1.82, 2.24) is 19.9 Å². The molecule has 0 saturated heterocycles. The van der Waals surface area contributed by atoms with Gasteiger partial charge in [-0.1, -0.05) is 0 Å². The first kappa shape index (κ1) is 19.8. The van der Waals surface area contributed by atoms with Crippen molar-refractivity contribution in [2.75, 3.05) is 0 Å². The first-order chi connectivity index (χ1) is 10.9. The first-order valence-electron chi connectivity index (χ1n) is 7.44. The number of aromatic amines is 2. The molecular weight excluding hydrogens is 344 g/mol. The molecule has 2 aromatic heterocycles. The maximum Gasteiger partial charge on any atom is 0.325 e. The minimum absolute atomic E-state index is 0.381. The van der Waals surface area contributed by atoms with Gasteiger partial charge in [0.25, 0.3) is 5.56 Å². The number of hydrogen-bond acceptors (Lipinski definition) is 6. The fraction of sp³-hybridized carbons (Fsp3) is 0.429. The van der Waals surface area contributed by atoms with Gasteiger partial charge in [0.15, 0.2) is 0 Å². The molecule has 0 bridgehead atoms. The van der Waals surface area contributed by atoms with E-state index in [0.717, 1.165) is 0 Å². The maximum absolute atomic E-state index is 10.2. The molecule has 2 N–H and O–H groups in total. The third kappa shape index (κ3) is 9.05. The lowest BCUT2D eigenvalue weighted by Crippen LogP contribution is -2.31. The molecule has 0 amide bonds. The average molecular weight is 369 g/mol. The summed E-state index contributed by atoms with van der Waals surface area (Å²) in [5.74, 6) is 0.613. The Morgan fingerprint density at radius 3 is 2.04 bits per heavy atom. The van der Waals surface area contributed by atoms with Crippen molar-refractivity contribution in [2.24, 2.45) is 0 Å². The zero-order chi connectivity index (χ0) is 18.4. The summed E-state index contributed by atoms with van der Waals surface area (Å²) in [6, 6.07) is 3.44. The molecule has 132 valence electrons. The van der Waals surface area contributed by atoms with Gasteiger partial charge in [-0.15, -0.1) is 0 Å². The standard InChI is InChI=1S/C10H20N2O2Si2.C4H4N2O2/c1-15(2,3)13-9-7-8-11-10(12-9)14-16(4,5)6;7-3-1-2-5-4(8)6-3/h7-8H,1-6H3;1-2H,(H2,5,6,7,8). The average Bonchev–Trinajstić information content (AvgIpc) is 2.35. The number of aromatic nitrogens is 4. The van der Waals surface area contributed by atoms with Gasteiger partial charge in [-0.2, -0.15) is 4.98 Å². The van der Waals surface area contributed by atoms with Crippen LogP contribution in [-0.4, -0.2) is 36.6 Å². The van der Waals surface area contributed by atoms with Crippen LogP contribution in [0.4, 0.5) is 0 Å². The van der Waals surface area contributed by atoms with E-state index in [9.17, 15) is 9.59 Å². The molecule has 0 atom stereocenters. The monoisotopic (exact) mass is 368 g/mol. The van der Waals surface area contributed by atoms with Crippen molar-refractivity contribution in [3.8, 4) is 11.9 Å². The summed E-state index contributed by atoms with van der Waals surface area (Å²) in [5.41, 5.74) is -0.855. The molecular formula is C14H24N4O4Si2. The van der Waals surface area contributed by atoms with Crippen molar-refractivity contribution in [2.45, 2.75) is 39.3 Å². The van der Waals surface area contributed by atoms with Crippen LogP contribution in [-0.2, 0) is 0 Å². The molecule has 10 heteroatoms. The fourth-order valence-electron chi connectivity index (χ4n) is 1.40. The summed E-state index contributed by atoms with van der Waals surface area (Å²) in [7, 11) is -3.26. The molecule has 0 aliphatic heterocycles. The van der Waals surface area contributed by atoms with E-state index in [1.54, 1.807) is 12.3 Å². The van der Waals surface area contributed by atoms with E-state index in [1.807, 2.05) is 4.98 Å². The van der Waals surface area contributed by atoms with E-state index in [2.05, 4.69) is 54.2 Å². The Morgan fingerprint density at radius 2 is 1.58 bits per heavy atom. The van der Waals surface area contributed by atoms with Gasteiger partial charge in [-0.05, 0) is 39.3 Å². The van der Waals surface area contributed by atoms with E-state index in [1.165, 1.54) is 12.3 Å². The van der Waals surface area contributed by atoms with Crippen LogP contribution in [0.1, 0.15) is 0 Å². The molecule has 2 rings (SSSR count). The highest BCUT2D eigenvalue weighted by Crippen LogP contribution is 2.17. The summed E-state index contributed by atoms with van der Waals surface area (Å²) in [5, 5.41) is 0. The molecule has 2 heterocycles. The largest absolute Gasteiger partial charge is 0.531 e. The number of nitrogens with one attached hydrogen (secondary N) is 2. The van der Waals surface area contributed by atoms with Crippen molar-refractivity contribution in [3.63, 3.8) is 0 Å². The molecule has 0 unspecified atom stereocenters. The highest BCUT2D eigenvalue weighted by atomic mass is 28.4. The van der Waals surface area contributed by atoms with Crippen molar-refractivity contribution >= 4 is 16.6 Å². The molecule has 0 aliphatic rings. The summed E-state index contributed by atoms with van der Waals surface area (Å²) >= 11 is 0. The molecule has 0 aliphatic carbocycles. The van der Waals surface area contributed by atoms with E-state index < -0.39 is 22.3 Å². The lowest BCUT2D eigenvalue weighted by molar-refractivity contribution is 0.476. The molecule has 0 saturated carbocycles. The third-order valence-electron chi connectivity index (χ3n) is 2.10. The smallest absolute Gasteiger partial charge is 0.325 e. The van der Waals surface area contributed by atoms with Crippen molar-refractivity contribution in [1.29, 1.82) is 0 Å². The predicted molar refractivity (Wildman–Crippen MR) is 97.7 cm³/mol. The topological polar surface area (TPSA) is 110 Å². The predicted octanol–water partition coefficient (Wildman–Crippen LogP) is 1.97. The number of H-pyrrole nitrogens is 2. The Labute approximate surface area is 142 Å². The molecule has 0 radical (unpaired) electrons. The molecule has 24 heavy (non-hydrogen) atoms. The zero-order valence-electron chi connectivity index (χ0n) is 14.8. The van der Waals surface area contributed by atoms with E-state index in [4.69, 9.17) is 8.85 Å². The molecule has 8 nitrogen and oxygen atoms in total. The Morgan fingerprint density at radius 1 is 0.958 bits per heavy atom. The van der Waals surface area contributed by atoms with Crippen LogP contribution in [0.15, 0.2) is 34.1 Å². The van der Waals surface area contributed by atoms with Gasteiger partial charge in [0.2, 0.25) is 22.5 Å². The van der Waals surface area contributed by atoms with Crippen molar-refractivity contribution in [3.05, 3.63) is 45.4 Å². The second kappa shape index (κ2) is 8.06. The van der Waals surface area contributed by atoms with Crippen LogP contribution in [0.2, 0.25) is 39.3 Å². The van der Waals surface area contributed by atoms with Gasteiger partial charge in [0.05, 0.1) is 0 Å². The van der Waals surface area contributed by atoms with Crippen LogP contribution in [0.5, 0.6) is 11.9 Å². The second-order valence-corrected chi connectivity index (χ2v) is 15.8. The lowest BCUT2D eigenvalue weighted by Gasteiger charge is -2.20. The highest BCUT2D eigenvalue weighted by molar-refractivity contribution is 6.70. The Bertz CT molecular complexity index is 706. The van der Waals surface area contributed by atoms with Gasteiger partial charge in [-0.3, -0.25) is 9.78 Å². The van der Waals surface area contributed by atoms with Crippen LogP contribution >= 0.6 is 0 Å².